The summed E-state index contributed by atoms with van der Waals surface area (Å²) in [6.07, 6.45) is 0. The third kappa shape index (κ3) is 2.60. The zero-order valence-corrected chi connectivity index (χ0v) is 13.1. The molecule has 0 aliphatic heterocycles. The molecule has 2 aromatic carbocycles. The summed E-state index contributed by atoms with van der Waals surface area (Å²) in [5, 5.41) is 4.53. The van der Waals surface area contributed by atoms with Crippen molar-refractivity contribution in [2.45, 2.75) is 19.9 Å². The molecule has 0 saturated carbocycles. The quantitative estimate of drug-likeness (QED) is 0.748. The lowest BCUT2D eigenvalue weighted by molar-refractivity contribution is 0.0913. The van der Waals surface area contributed by atoms with E-state index in [0.29, 0.717) is 10.8 Å². The summed E-state index contributed by atoms with van der Waals surface area (Å²) in [6, 6.07) is 14.9. The van der Waals surface area contributed by atoms with Gasteiger partial charge in [-0.25, -0.2) is 0 Å². The van der Waals surface area contributed by atoms with Gasteiger partial charge in [-0.1, -0.05) is 48.0 Å². The smallest absolute Gasteiger partial charge is 0.287 e. The van der Waals surface area contributed by atoms with Crippen LogP contribution in [0.4, 0.5) is 0 Å². The van der Waals surface area contributed by atoms with Gasteiger partial charge in [0.25, 0.3) is 5.91 Å². The molecule has 1 N–H and O–H groups in total. The number of fused-ring (bicyclic) bond motifs is 1. The van der Waals surface area contributed by atoms with Crippen molar-refractivity contribution in [3.8, 4) is 0 Å². The SMILES string of the molecule is Cc1c(C(=O)NC(C)c2ccccc2Cl)oc2ccccc12. The molecule has 1 unspecified atom stereocenters. The van der Waals surface area contributed by atoms with Crippen LogP contribution >= 0.6 is 11.6 Å². The highest BCUT2D eigenvalue weighted by Gasteiger charge is 2.20. The number of benzene rings is 2. The Kier molecular flexibility index (Phi) is 3.90. The highest BCUT2D eigenvalue weighted by Crippen LogP contribution is 2.26. The summed E-state index contributed by atoms with van der Waals surface area (Å²) in [7, 11) is 0. The number of carbonyl (C=O) groups excluding carboxylic acids is 1. The van der Waals surface area contributed by atoms with E-state index in [0.717, 1.165) is 22.1 Å². The molecule has 3 nitrogen and oxygen atoms in total. The Morgan fingerprint density at radius 2 is 1.82 bits per heavy atom. The minimum absolute atomic E-state index is 0.200. The van der Waals surface area contributed by atoms with Crippen LogP contribution in [0, 0.1) is 6.92 Å². The maximum atomic E-state index is 12.5. The molecular formula is C18H16ClNO2. The third-order valence-electron chi connectivity index (χ3n) is 3.77. The molecule has 0 saturated heterocycles. The molecule has 1 amide bonds. The maximum absolute atomic E-state index is 12.5. The number of hydrogen-bond acceptors (Lipinski definition) is 2. The van der Waals surface area contributed by atoms with Crippen LogP contribution in [-0.4, -0.2) is 5.91 Å². The summed E-state index contributed by atoms with van der Waals surface area (Å²) in [5.41, 5.74) is 2.45. The number of para-hydroxylation sites is 1. The van der Waals surface area contributed by atoms with E-state index in [-0.39, 0.29) is 11.9 Å². The van der Waals surface area contributed by atoms with Gasteiger partial charge in [-0.2, -0.15) is 0 Å². The Morgan fingerprint density at radius 1 is 1.14 bits per heavy atom. The Hall–Kier alpha value is -2.26. The molecule has 0 fully saturated rings. The fourth-order valence-electron chi connectivity index (χ4n) is 2.56. The molecular weight excluding hydrogens is 298 g/mol. The summed E-state index contributed by atoms with van der Waals surface area (Å²) in [5.74, 6) is 0.112. The Morgan fingerprint density at radius 3 is 2.55 bits per heavy atom. The van der Waals surface area contributed by atoms with E-state index in [2.05, 4.69) is 5.32 Å². The molecule has 0 aliphatic rings. The summed E-state index contributed by atoms with van der Waals surface area (Å²) < 4.78 is 5.68. The molecule has 3 aromatic rings. The number of rotatable bonds is 3. The van der Waals surface area contributed by atoms with Gasteiger partial charge in [-0.3, -0.25) is 4.79 Å². The van der Waals surface area contributed by atoms with Crippen molar-refractivity contribution in [3.05, 3.63) is 70.4 Å². The summed E-state index contributed by atoms with van der Waals surface area (Å²) in [6.45, 7) is 3.79. The lowest BCUT2D eigenvalue weighted by atomic mass is 10.1. The molecule has 112 valence electrons. The topological polar surface area (TPSA) is 42.2 Å². The minimum atomic E-state index is -0.235. The molecule has 0 spiro atoms. The summed E-state index contributed by atoms with van der Waals surface area (Å²) >= 11 is 6.17. The van der Waals surface area contributed by atoms with Gasteiger partial charge in [0.2, 0.25) is 0 Å². The lowest BCUT2D eigenvalue weighted by Crippen LogP contribution is -2.27. The Balaban J connectivity index is 1.87. The monoisotopic (exact) mass is 313 g/mol. The van der Waals surface area contributed by atoms with Crippen molar-refractivity contribution in [3.63, 3.8) is 0 Å². The van der Waals surface area contributed by atoms with Gasteiger partial charge >= 0.3 is 0 Å². The number of amides is 1. The predicted molar refractivity (Wildman–Crippen MR) is 88.3 cm³/mol. The van der Waals surface area contributed by atoms with Crippen LogP contribution < -0.4 is 5.32 Å². The molecule has 22 heavy (non-hydrogen) atoms. The van der Waals surface area contributed by atoms with E-state index in [1.165, 1.54) is 0 Å². The average molecular weight is 314 g/mol. The summed E-state index contributed by atoms with van der Waals surface area (Å²) in [4.78, 5) is 12.5. The Labute approximate surface area is 133 Å². The van der Waals surface area contributed by atoms with Crippen LogP contribution in [0.25, 0.3) is 11.0 Å². The highest BCUT2D eigenvalue weighted by atomic mass is 35.5. The number of nitrogens with one attached hydrogen (secondary N) is 1. The van der Waals surface area contributed by atoms with Gasteiger partial charge in [0.15, 0.2) is 5.76 Å². The molecule has 3 rings (SSSR count). The van der Waals surface area contributed by atoms with Crippen molar-refractivity contribution in [2.75, 3.05) is 0 Å². The number of hydrogen-bond donors (Lipinski definition) is 1. The standard InChI is InChI=1S/C18H16ClNO2/c1-11-13-7-4-6-10-16(13)22-17(11)18(21)20-12(2)14-8-3-5-9-15(14)19/h3-10,12H,1-2H3,(H,20,21). The third-order valence-corrected chi connectivity index (χ3v) is 4.11. The van der Waals surface area contributed by atoms with E-state index < -0.39 is 0 Å². The van der Waals surface area contributed by atoms with Crippen LogP contribution in [-0.2, 0) is 0 Å². The zero-order chi connectivity index (χ0) is 15.7. The van der Waals surface area contributed by atoms with Crippen LogP contribution in [0.3, 0.4) is 0 Å². The maximum Gasteiger partial charge on any atom is 0.287 e. The van der Waals surface area contributed by atoms with Crippen molar-refractivity contribution in [1.29, 1.82) is 0 Å². The van der Waals surface area contributed by atoms with Crippen LogP contribution in [0.5, 0.6) is 0 Å². The first-order valence-electron chi connectivity index (χ1n) is 7.11. The molecule has 4 heteroatoms. The van der Waals surface area contributed by atoms with Gasteiger partial charge in [-0.05, 0) is 31.5 Å². The van der Waals surface area contributed by atoms with Crippen LogP contribution in [0.1, 0.15) is 34.6 Å². The van der Waals surface area contributed by atoms with Crippen molar-refractivity contribution in [1.82, 2.24) is 5.32 Å². The normalized spacial score (nSPS) is 12.3. The second-order valence-corrected chi connectivity index (χ2v) is 5.68. The van der Waals surface area contributed by atoms with E-state index in [1.54, 1.807) is 0 Å². The highest BCUT2D eigenvalue weighted by molar-refractivity contribution is 6.31. The first-order chi connectivity index (χ1) is 10.6. The first kappa shape index (κ1) is 14.7. The molecule has 1 atom stereocenters. The van der Waals surface area contributed by atoms with Gasteiger partial charge < -0.3 is 9.73 Å². The second-order valence-electron chi connectivity index (χ2n) is 5.27. The fourth-order valence-corrected chi connectivity index (χ4v) is 2.86. The van der Waals surface area contributed by atoms with Gasteiger partial charge in [0.1, 0.15) is 5.58 Å². The minimum Gasteiger partial charge on any atom is -0.451 e. The van der Waals surface area contributed by atoms with Gasteiger partial charge in [-0.15, -0.1) is 0 Å². The molecule has 1 aromatic heterocycles. The van der Waals surface area contributed by atoms with E-state index in [9.17, 15) is 4.79 Å². The lowest BCUT2D eigenvalue weighted by Gasteiger charge is -2.15. The van der Waals surface area contributed by atoms with Crippen molar-refractivity contribution < 1.29 is 9.21 Å². The van der Waals surface area contributed by atoms with Gasteiger partial charge in [0, 0.05) is 16.0 Å². The Bertz CT molecular complexity index is 838. The second kappa shape index (κ2) is 5.85. The van der Waals surface area contributed by atoms with E-state index >= 15 is 0 Å². The zero-order valence-electron chi connectivity index (χ0n) is 12.4. The average Bonchev–Trinajstić information content (AvgIpc) is 2.85. The van der Waals surface area contributed by atoms with Crippen molar-refractivity contribution in [2.24, 2.45) is 0 Å². The van der Waals surface area contributed by atoms with Crippen LogP contribution in [0.15, 0.2) is 52.9 Å². The van der Waals surface area contributed by atoms with E-state index in [1.807, 2.05) is 62.4 Å². The van der Waals surface area contributed by atoms with Crippen molar-refractivity contribution >= 4 is 28.5 Å². The molecule has 0 bridgehead atoms. The number of aryl methyl sites for hydroxylation is 1. The fraction of sp³-hybridized carbons (Fsp3) is 0.167. The first-order valence-corrected chi connectivity index (χ1v) is 7.49. The largest absolute Gasteiger partial charge is 0.451 e. The molecule has 1 heterocycles. The number of furan rings is 1. The molecule has 0 aliphatic carbocycles. The number of halogens is 1. The number of carbonyl (C=O) groups is 1. The van der Waals surface area contributed by atoms with E-state index in [4.69, 9.17) is 16.0 Å². The molecule has 0 radical (unpaired) electrons. The predicted octanol–water partition coefficient (Wildman–Crippen LogP) is 4.89. The van der Waals surface area contributed by atoms with Gasteiger partial charge in [0.05, 0.1) is 6.04 Å². The van der Waals surface area contributed by atoms with Crippen LogP contribution in [0.2, 0.25) is 5.02 Å².